The third-order valence-electron chi connectivity index (χ3n) is 19.5. The van der Waals surface area contributed by atoms with Crippen molar-refractivity contribution in [2.24, 2.45) is 5.92 Å². The minimum atomic E-state index is -0.538. The molecule has 1 spiro atoms. The summed E-state index contributed by atoms with van der Waals surface area (Å²) in [6.07, 6.45) is 1.14. The molecule has 17 rings (SSSR count). The summed E-state index contributed by atoms with van der Waals surface area (Å²) in [5.74, 6) is 0.621. The molecule has 2 aliphatic rings. The highest BCUT2D eigenvalue weighted by Gasteiger charge is 2.52. The number of anilines is 3. The number of hydrogen-bond acceptors (Lipinski definition) is 1. The van der Waals surface area contributed by atoms with Gasteiger partial charge in [-0.15, -0.1) is 0 Å². The van der Waals surface area contributed by atoms with Crippen LogP contribution in [0.4, 0.5) is 17.1 Å². The smallest absolute Gasteiger partial charge is 0.0726 e. The van der Waals surface area contributed by atoms with Crippen LogP contribution >= 0.6 is 0 Å². The maximum absolute atomic E-state index is 2.54. The zero-order valence-electron chi connectivity index (χ0n) is 50.5. The molecule has 13 aromatic carbocycles. The van der Waals surface area contributed by atoms with Gasteiger partial charge in [-0.1, -0.05) is 246 Å². The van der Waals surface area contributed by atoms with Crippen molar-refractivity contribution in [3.8, 4) is 67.0 Å². The summed E-state index contributed by atoms with van der Waals surface area (Å²) < 4.78 is 4.93. The molecule has 2 aliphatic carbocycles. The van der Waals surface area contributed by atoms with Gasteiger partial charge in [-0.3, -0.25) is 0 Å². The molecule has 0 saturated heterocycles. The summed E-state index contributed by atoms with van der Waals surface area (Å²) in [6.45, 7) is 9.42. The van der Waals surface area contributed by atoms with Crippen molar-refractivity contribution in [2.75, 3.05) is 4.90 Å². The van der Waals surface area contributed by atoms with E-state index in [1.165, 1.54) is 110 Å². The average molecular weight is 1140 g/mol. The highest BCUT2D eigenvalue weighted by molar-refractivity contribution is 6.12. The Balaban J connectivity index is 0.817. The van der Waals surface area contributed by atoms with Gasteiger partial charge in [0, 0.05) is 50.0 Å². The van der Waals surface area contributed by atoms with Crippen LogP contribution < -0.4 is 4.90 Å². The molecule has 0 bridgehead atoms. The Labute approximate surface area is 520 Å². The van der Waals surface area contributed by atoms with E-state index in [4.69, 9.17) is 0 Å². The predicted octanol–water partition coefficient (Wildman–Crippen LogP) is 23.0. The van der Waals surface area contributed by atoms with Crippen LogP contribution in [0.3, 0.4) is 0 Å². The number of hydrogen-bond donors (Lipinski definition) is 0. The first-order valence-electron chi connectivity index (χ1n) is 31.5. The van der Waals surface area contributed by atoms with Gasteiger partial charge in [0.1, 0.15) is 0 Å². The molecule has 0 aliphatic heterocycles. The minimum absolute atomic E-state index is 0.0955. The van der Waals surface area contributed by atoms with E-state index < -0.39 is 5.41 Å². The lowest BCUT2D eigenvalue weighted by Gasteiger charge is -2.31. The number of benzene rings is 13. The van der Waals surface area contributed by atoms with Gasteiger partial charge in [0.05, 0.1) is 27.5 Å². The number of fused-ring (bicyclic) bond motifs is 16. The van der Waals surface area contributed by atoms with E-state index in [0.717, 1.165) is 51.5 Å². The fourth-order valence-electron chi connectivity index (χ4n) is 15.8. The zero-order valence-corrected chi connectivity index (χ0v) is 50.5. The summed E-state index contributed by atoms with van der Waals surface area (Å²) in [5.41, 5.74) is 28.8. The van der Waals surface area contributed by atoms with Gasteiger partial charge in [-0.25, -0.2) is 0 Å². The zero-order chi connectivity index (χ0) is 59.5. The van der Waals surface area contributed by atoms with Crippen molar-refractivity contribution in [1.29, 1.82) is 0 Å². The molecule has 3 nitrogen and oxygen atoms in total. The van der Waals surface area contributed by atoms with Gasteiger partial charge in [-0.2, -0.15) is 0 Å². The molecule has 0 N–H and O–H groups in total. The molecule has 3 heteroatoms. The maximum atomic E-state index is 2.54. The number of aromatic nitrogens is 2. The minimum Gasteiger partial charge on any atom is -0.310 e. The third kappa shape index (κ3) is 8.25. The normalized spacial score (nSPS) is 14.0. The molecule has 0 fully saturated rings. The van der Waals surface area contributed by atoms with Crippen molar-refractivity contribution in [3.63, 3.8) is 0 Å². The van der Waals surface area contributed by atoms with Crippen molar-refractivity contribution in [2.45, 2.75) is 44.9 Å². The molecule has 2 heterocycles. The Morgan fingerprint density at radius 3 is 1.45 bits per heavy atom. The second-order valence-electron chi connectivity index (χ2n) is 25.7. The number of nitrogens with zero attached hydrogens (tertiary/aromatic N) is 3. The Bertz CT molecular complexity index is 5260. The molecule has 15 aromatic rings. The topological polar surface area (TPSA) is 13.1 Å². The van der Waals surface area contributed by atoms with E-state index in [-0.39, 0.29) is 5.41 Å². The lowest BCUT2D eigenvalue weighted by Crippen LogP contribution is -2.26. The van der Waals surface area contributed by atoms with Crippen LogP contribution in [0.25, 0.3) is 111 Å². The first-order valence-corrected chi connectivity index (χ1v) is 31.5. The lowest BCUT2D eigenvalue weighted by molar-refractivity contribution is 0.400. The SMILES string of the molecule is CC(C)CC(C)(C)c1ccc(-c2ccc3c(c2)C2(c4ccccc4-3)c3ccccc3-c3ccc(-n4c5ccccc5c5ccc(-c6cccc(N(c7ccc(-c8ccccc8)cc7)c7ccc8c9ccccc9n(-c9ccccc9)c8c7)c6)cc54)cc32)cc1. The van der Waals surface area contributed by atoms with E-state index >= 15 is 0 Å². The van der Waals surface area contributed by atoms with E-state index in [2.05, 4.69) is 345 Å². The van der Waals surface area contributed by atoms with Crippen molar-refractivity contribution in [3.05, 3.63) is 331 Å². The molecular formula is C86H65N3. The standard InChI is InChI=1S/C86H65N3/c1-56(2)55-85(3,4)63-40-34-59(35-41-63)61-38-46-71-69-26-11-15-30-77(69)86(79(71)51-61)78-31-16-12-27-70(78)72-48-44-67(53-80(72)86)89-82-33-18-14-28-73(82)75-47-39-62(52-83(75)89)60-22-19-25-66(50-60)87(65-42-36-58(37-43-65)57-20-7-5-8-21-57)68-45-49-76-74-29-13-17-32-81(74)88(84(76)54-68)64-23-9-6-10-24-64/h5-54,56H,55H2,1-4H3. The van der Waals surface area contributed by atoms with Gasteiger partial charge in [0.15, 0.2) is 0 Å². The second-order valence-corrected chi connectivity index (χ2v) is 25.7. The molecule has 0 saturated carbocycles. The molecule has 0 radical (unpaired) electrons. The van der Waals surface area contributed by atoms with E-state index in [0.29, 0.717) is 5.92 Å². The quantitative estimate of drug-likeness (QED) is 0.126. The molecule has 424 valence electrons. The van der Waals surface area contributed by atoms with E-state index in [1.54, 1.807) is 0 Å². The van der Waals surface area contributed by atoms with Crippen LogP contribution in [0.2, 0.25) is 0 Å². The van der Waals surface area contributed by atoms with Crippen molar-refractivity contribution in [1.82, 2.24) is 9.13 Å². The van der Waals surface area contributed by atoms with Gasteiger partial charge in [0.2, 0.25) is 0 Å². The highest BCUT2D eigenvalue weighted by atomic mass is 15.1. The van der Waals surface area contributed by atoms with Crippen LogP contribution in [0.5, 0.6) is 0 Å². The Hall–Kier alpha value is -10.7. The monoisotopic (exact) mass is 1140 g/mol. The van der Waals surface area contributed by atoms with Gasteiger partial charge in [0.25, 0.3) is 0 Å². The molecule has 1 unspecified atom stereocenters. The summed E-state index contributed by atoms with van der Waals surface area (Å²) in [6, 6.07) is 114. The van der Waals surface area contributed by atoms with Crippen molar-refractivity contribution < 1.29 is 0 Å². The van der Waals surface area contributed by atoms with Crippen LogP contribution in [-0.4, -0.2) is 9.13 Å². The summed E-state index contributed by atoms with van der Waals surface area (Å²) >= 11 is 0. The molecule has 1 atom stereocenters. The Morgan fingerprint density at radius 2 is 0.764 bits per heavy atom. The second kappa shape index (κ2) is 20.4. The fourth-order valence-corrected chi connectivity index (χ4v) is 15.8. The molecule has 2 aromatic heterocycles. The van der Waals surface area contributed by atoms with Gasteiger partial charge < -0.3 is 14.0 Å². The lowest BCUT2D eigenvalue weighted by atomic mass is 9.70. The first kappa shape index (κ1) is 52.6. The molecule has 89 heavy (non-hydrogen) atoms. The summed E-state index contributed by atoms with van der Waals surface area (Å²) in [7, 11) is 0. The van der Waals surface area contributed by atoms with Crippen molar-refractivity contribution >= 4 is 60.7 Å². The predicted molar refractivity (Wildman–Crippen MR) is 375 cm³/mol. The number of rotatable bonds is 11. The largest absolute Gasteiger partial charge is 0.310 e. The first-order chi connectivity index (χ1) is 43.7. The van der Waals surface area contributed by atoms with Gasteiger partial charge >= 0.3 is 0 Å². The highest BCUT2D eigenvalue weighted by Crippen LogP contribution is 2.63. The van der Waals surface area contributed by atoms with Crippen LogP contribution in [0.15, 0.2) is 303 Å². The van der Waals surface area contributed by atoms with E-state index in [9.17, 15) is 0 Å². The maximum Gasteiger partial charge on any atom is 0.0726 e. The molecule has 0 amide bonds. The Kier molecular flexibility index (Phi) is 12.1. The summed E-state index contributed by atoms with van der Waals surface area (Å²) in [5, 5.41) is 4.91. The Morgan fingerprint density at radius 1 is 0.315 bits per heavy atom. The summed E-state index contributed by atoms with van der Waals surface area (Å²) in [4.78, 5) is 2.42. The average Bonchev–Trinajstić information content (AvgIpc) is 1.51. The number of para-hydroxylation sites is 3. The van der Waals surface area contributed by atoms with Crippen LogP contribution in [-0.2, 0) is 10.8 Å². The van der Waals surface area contributed by atoms with E-state index in [1.807, 2.05) is 0 Å². The van der Waals surface area contributed by atoms with Crippen LogP contribution in [0, 0.1) is 5.92 Å². The third-order valence-corrected chi connectivity index (χ3v) is 19.5. The van der Waals surface area contributed by atoms with Crippen LogP contribution in [0.1, 0.15) is 61.9 Å². The van der Waals surface area contributed by atoms with Gasteiger partial charge in [-0.05, 0) is 186 Å². The fraction of sp³-hybridized carbons (Fsp3) is 0.0930. The molecular weight excluding hydrogens is 1070 g/mol.